The molecular formula is C22H36F2N6O3. The summed E-state index contributed by atoms with van der Waals surface area (Å²) < 4.78 is 38.3. The van der Waals surface area contributed by atoms with Gasteiger partial charge in [0.1, 0.15) is 17.9 Å². The van der Waals surface area contributed by atoms with Crippen molar-refractivity contribution in [3.05, 3.63) is 24.2 Å². The Bertz CT molecular complexity index is 777. The zero-order valence-electron chi connectivity index (χ0n) is 19.7. The molecule has 3 rings (SSSR count). The highest BCUT2D eigenvalue weighted by Crippen LogP contribution is 2.33. The summed E-state index contributed by atoms with van der Waals surface area (Å²) in [4.78, 5) is 18.1. The molecule has 2 fully saturated rings. The van der Waals surface area contributed by atoms with Crippen LogP contribution in [0.3, 0.4) is 0 Å². The van der Waals surface area contributed by atoms with Crippen LogP contribution < -0.4 is 21.7 Å². The SMILES string of the molecule is CC(N)/C=C\NC1=NC(OC2CN(C(=O)OC(C)(C)C)C2)=CC(NC2CCC(F)(F)CC2)N1. The third kappa shape index (κ3) is 8.15. The number of guanidine groups is 1. The van der Waals surface area contributed by atoms with E-state index in [4.69, 9.17) is 15.2 Å². The molecule has 11 heteroatoms. The number of nitrogens with two attached hydrogens (primary N) is 1. The molecule has 2 aliphatic heterocycles. The number of ether oxygens (including phenoxy) is 2. The van der Waals surface area contributed by atoms with Crippen LogP contribution in [0.15, 0.2) is 29.2 Å². The van der Waals surface area contributed by atoms with E-state index >= 15 is 0 Å². The van der Waals surface area contributed by atoms with Crippen LogP contribution >= 0.6 is 0 Å². The van der Waals surface area contributed by atoms with Gasteiger partial charge in [0, 0.05) is 37.2 Å². The standard InChI is InChI=1S/C22H36F2N6O3/c1-14(25)7-10-26-19-28-17(27-15-5-8-22(23,24)9-6-15)11-18(29-19)32-16-12-30(13-16)20(31)33-21(2,3)4/h7,10-11,14-17,27H,5-6,8-9,12-13,25H2,1-4H3,(H2,26,28,29)/b10-7-. The van der Waals surface area contributed by atoms with E-state index in [2.05, 4.69) is 20.9 Å². The molecule has 9 nitrogen and oxygen atoms in total. The zero-order valence-corrected chi connectivity index (χ0v) is 19.7. The Morgan fingerprint density at radius 2 is 2.03 bits per heavy atom. The lowest BCUT2D eigenvalue weighted by Gasteiger charge is -2.40. The number of carbonyl (C=O) groups is 1. The van der Waals surface area contributed by atoms with Crippen molar-refractivity contribution in [2.45, 2.75) is 89.3 Å². The Morgan fingerprint density at radius 3 is 2.64 bits per heavy atom. The maximum Gasteiger partial charge on any atom is 0.410 e. The topological polar surface area (TPSA) is 113 Å². The molecule has 0 aromatic carbocycles. The monoisotopic (exact) mass is 470 g/mol. The quantitative estimate of drug-likeness (QED) is 0.471. The van der Waals surface area contributed by atoms with Crippen LogP contribution in [0.5, 0.6) is 0 Å². The third-order valence-electron chi connectivity index (χ3n) is 5.36. The van der Waals surface area contributed by atoms with E-state index < -0.39 is 11.5 Å². The fourth-order valence-corrected chi connectivity index (χ4v) is 3.64. The molecule has 1 saturated carbocycles. The average Bonchev–Trinajstić information content (AvgIpc) is 2.64. The van der Waals surface area contributed by atoms with Crippen LogP contribution in [-0.2, 0) is 9.47 Å². The van der Waals surface area contributed by atoms with Crippen LogP contribution in [0.4, 0.5) is 13.6 Å². The first-order chi connectivity index (χ1) is 15.4. The predicted molar refractivity (Wildman–Crippen MR) is 121 cm³/mol. The molecular weight excluding hydrogens is 434 g/mol. The summed E-state index contributed by atoms with van der Waals surface area (Å²) >= 11 is 0. The molecule has 33 heavy (non-hydrogen) atoms. The van der Waals surface area contributed by atoms with Crippen molar-refractivity contribution in [1.82, 2.24) is 20.9 Å². The van der Waals surface area contributed by atoms with Gasteiger partial charge in [0.2, 0.25) is 17.8 Å². The number of nitrogens with one attached hydrogen (secondary N) is 3. The number of hydrogen-bond acceptors (Lipinski definition) is 8. The maximum absolute atomic E-state index is 13.5. The molecule has 0 aromatic rings. The molecule has 1 aliphatic carbocycles. The van der Waals surface area contributed by atoms with Crippen molar-refractivity contribution in [1.29, 1.82) is 0 Å². The van der Waals surface area contributed by atoms with Gasteiger partial charge >= 0.3 is 6.09 Å². The Morgan fingerprint density at radius 1 is 1.36 bits per heavy atom. The largest absolute Gasteiger partial charge is 0.471 e. The van der Waals surface area contributed by atoms with Gasteiger partial charge in [-0.1, -0.05) is 6.08 Å². The van der Waals surface area contributed by atoms with Crippen molar-refractivity contribution < 1.29 is 23.0 Å². The molecule has 0 aromatic heterocycles. The highest BCUT2D eigenvalue weighted by Gasteiger charge is 2.37. The Kier molecular flexibility index (Phi) is 7.84. The van der Waals surface area contributed by atoms with Crippen LogP contribution in [0.25, 0.3) is 0 Å². The van der Waals surface area contributed by atoms with Gasteiger partial charge in [-0.25, -0.2) is 13.6 Å². The zero-order chi connectivity index (χ0) is 24.2. The number of nitrogens with zero attached hydrogens (tertiary/aromatic N) is 2. The van der Waals surface area contributed by atoms with Gasteiger partial charge in [-0.05, 0) is 40.5 Å². The summed E-state index contributed by atoms with van der Waals surface area (Å²) in [6.45, 7) is 8.11. The van der Waals surface area contributed by atoms with Gasteiger partial charge in [0.15, 0.2) is 0 Å². The van der Waals surface area contributed by atoms with E-state index in [-0.39, 0.29) is 43.3 Å². The predicted octanol–water partition coefficient (Wildman–Crippen LogP) is 2.37. The number of rotatable bonds is 6. The second-order valence-electron chi connectivity index (χ2n) is 9.87. The molecule has 0 bridgehead atoms. The van der Waals surface area contributed by atoms with Gasteiger partial charge in [-0.2, -0.15) is 4.99 Å². The molecule has 2 atom stereocenters. The lowest BCUT2D eigenvalue weighted by Crippen LogP contribution is -2.57. The third-order valence-corrected chi connectivity index (χ3v) is 5.36. The number of alkyl halides is 2. The first kappa shape index (κ1) is 25.2. The Labute approximate surface area is 193 Å². The number of amides is 1. The molecule has 0 spiro atoms. The van der Waals surface area contributed by atoms with Crippen molar-refractivity contribution >= 4 is 12.1 Å². The lowest BCUT2D eigenvalue weighted by molar-refractivity contribution is -0.0435. The summed E-state index contributed by atoms with van der Waals surface area (Å²) in [5, 5.41) is 9.59. The number of halogens is 2. The number of carbonyl (C=O) groups excluding carboxylic acids is 1. The second kappa shape index (κ2) is 10.3. The van der Waals surface area contributed by atoms with Crippen molar-refractivity contribution in [2.24, 2.45) is 10.7 Å². The van der Waals surface area contributed by atoms with E-state index in [0.717, 1.165) is 0 Å². The molecule has 3 aliphatic rings. The van der Waals surface area contributed by atoms with Gasteiger partial charge in [-0.3, -0.25) is 5.32 Å². The van der Waals surface area contributed by atoms with E-state index in [1.165, 1.54) is 0 Å². The number of likely N-dealkylation sites (tertiary alicyclic amines) is 1. The van der Waals surface area contributed by atoms with Gasteiger partial charge in [-0.15, -0.1) is 0 Å². The van der Waals surface area contributed by atoms with Crippen molar-refractivity contribution in [3.63, 3.8) is 0 Å². The number of hydrogen-bond donors (Lipinski definition) is 4. The van der Waals surface area contributed by atoms with Gasteiger partial charge in [0.25, 0.3) is 0 Å². The molecule has 1 saturated heterocycles. The second-order valence-corrected chi connectivity index (χ2v) is 9.87. The summed E-state index contributed by atoms with van der Waals surface area (Å²) in [6.07, 6.45) is 4.87. The van der Waals surface area contributed by atoms with Gasteiger partial charge in [0.05, 0.1) is 13.1 Å². The summed E-state index contributed by atoms with van der Waals surface area (Å²) in [5.74, 6) is -1.74. The smallest absolute Gasteiger partial charge is 0.410 e. The first-order valence-corrected chi connectivity index (χ1v) is 11.4. The van der Waals surface area contributed by atoms with E-state index in [0.29, 0.717) is 37.8 Å². The van der Waals surface area contributed by atoms with Crippen molar-refractivity contribution in [3.8, 4) is 0 Å². The molecule has 186 valence electrons. The highest BCUT2D eigenvalue weighted by molar-refractivity contribution is 5.83. The normalized spacial score (nSPS) is 24.9. The minimum atomic E-state index is -2.58. The first-order valence-electron chi connectivity index (χ1n) is 11.4. The van der Waals surface area contributed by atoms with E-state index in [1.807, 2.05) is 27.7 Å². The van der Waals surface area contributed by atoms with E-state index in [1.54, 1.807) is 23.3 Å². The summed E-state index contributed by atoms with van der Waals surface area (Å²) in [7, 11) is 0. The van der Waals surface area contributed by atoms with Crippen LogP contribution in [-0.4, -0.2) is 65.9 Å². The number of aliphatic imine (C=N–C) groups is 1. The van der Waals surface area contributed by atoms with Crippen LogP contribution in [0, 0.1) is 0 Å². The fraction of sp³-hybridized carbons (Fsp3) is 0.727. The van der Waals surface area contributed by atoms with Crippen LogP contribution in [0.2, 0.25) is 0 Å². The van der Waals surface area contributed by atoms with E-state index in [9.17, 15) is 13.6 Å². The molecule has 5 N–H and O–H groups in total. The Balaban J connectivity index is 1.58. The van der Waals surface area contributed by atoms with Crippen LogP contribution in [0.1, 0.15) is 53.4 Å². The van der Waals surface area contributed by atoms with Crippen molar-refractivity contribution in [2.75, 3.05) is 13.1 Å². The highest BCUT2D eigenvalue weighted by atomic mass is 19.3. The molecule has 2 heterocycles. The average molecular weight is 471 g/mol. The lowest BCUT2D eigenvalue weighted by atomic mass is 9.92. The summed E-state index contributed by atoms with van der Waals surface area (Å²) in [6, 6.07) is -0.162. The minimum Gasteiger partial charge on any atom is -0.471 e. The molecule has 0 radical (unpaired) electrons. The maximum atomic E-state index is 13.5. The van der Waals surface area contributed by atoms with Gasteiger partial charge < -0.3 is 30.7 Å². The Hall–Kier alpha value is -2.40. The minimum absolute atomic E-state index is 0.0371. The fourth-order valence-electron chi connectivity index (χ4n) is 3.64. The molecule has 2 unspecified atom stereocenters. The molecule has 1 amide bonds. The summed E-state index contributed by atoms with van der Waals surface area (Å²) in [5.41, 5.74) is 5.18.